The molecule has 182 valence electrons. The summed E-state index contributed by atoms with van der Waals surface area (Å²) >= 11 is 0. The largest absolute Gasteiger partial charge is 0.489 e. The first-order chi connectivity index (χ1) is 15.6. The topological polar surface area (TPSA) is 76.7 Å². The average molecular weight is 461 g/mol. The van der Waals surface area contributed by atoms with E-state index >= 15 is 0 Å². The predicted molar refractivity (Wildman–Crippen MR) is 126 cm³/mol. The van der Waals surface area contributed by atoms with Gasteiger partial charge in [0.05, 0.1) is 6.33 Å². The van der Waals surface area contributed by atoms with Gasteiger partial charge in [0.2, 0.25) is 5.91 Å². The van der Waals surface area contributed by atoms with Gasteiger partial charge in [-0.2, -0.15) is 0 Å². The van der Waals surface area contributed by atoms with E-state index in [4.69, 9.17) is 9.47 Å². The second-order valence-electron chi connectivity index (χ2n) is 10.4. The van der Waals surface area contributed by atoms with Crippen LogP contribution >= 0.6 is 0 Å². The van der Waals surface area contributed by atoms with Crippen LogP contribution < -0.4 is 15.4 Å². The van der Waals surface area contributed by atoms with Crippen molar-refractivity contribution in [3.8, 4) is 5.75 Å². The molecule has 0 saturated heterocycles. The molecule has 0 unspecified atom stereocenters. The number of fused-ring (bicyclic) bond motifs is 4. The molecular formula is C26H37FN2O4. The maximum absolute atomic E-state index is 13.2. The molecule has 0 aromatic heterocycles. The Balaban J connectivity index is 1.55. The molecule has 0 heterocycles. The summed E-state index contributed by atoms with van der Waals surface area (Å²) in [6.45, 7) is 5.35. The highest BCUT2D eigenvalue weighted by Crippen LogP contribution is 2.55. The normalized spacial score (nSPS) is 25.2. The lowest BCUT2D eigenvalue weighted by Gasteiger charge is -2.42. The summed E-state index contributed by atoms with van der Waals surface area (Å²) in [6.07, 6.45) is 6.87. The van der Waals surface area contributed by atoms with Gasteiger partial charge in [0.25, 0.3) is 0 Å². The third-order valence-corrected chi connectivity index (χ3v) is 7.09. The van der Waals surface area contributed by atoms with E-state index in [0.29, 0.717) is 17.7 Å². The molecule has 0 aliphatic heterocycles. The van der Waals surface area contributed by atoms with Gasteiger partial charge in [-0.15, -0.1) is 0 Å². The SMILES string of the molecule is CNC(=O)C12CCCC(c3ccc(OC/C(=C/F)CNC(=O)OC(C)(C)C)cc3)(CC1)CC2. The monoisotopic (exact) mass is 460 g/mol. The number of alkyl carbamates (subject to hydrolysis) is 1. The van der Waals surface area contributed by atoms with Gasteiger partial charge in [-0.25, -0.2) is 9.18 Å². The third kappa shape index (κ3) is 6.06. The van der Waals surface area contributed by atoms with Crippen LogP contribution in [0.15, 0.2) is 36.2 Å². The smallest absolute Gasteiger partial charge is 0.407 e. The van der Waals surface area contributed by atoms with Crippen molar-refractivity contribution in [3.63, 3.8) is 0 Å². The summed E-state index contributed by atoms with van der Waals surface area (Å²) in [5.74, 6) is 0.843. The summed E-state index contributed by atoms with van der Waals surface area (Å²) in [5.41, 5.74) is 0.912. The van der Waals surface area contributed by atoms with Crippen LogP contribution in [-0.4, -0.2) is 37.8 Å². The molecule has 0 spiro atoms. The lowest BCUT2D eigenvalue weighted by atomic mass is 9.62. The molecule has 4 rings (SSSR count). The molecule has 3 aliphatic carbocycles. The van der Waals surface area contributed by atoms with E-state index in [9.17, 15) is 14.0 Å². The van der Waals surface area contributed by atoms with E-state index in [1.165, 1.54) is 5.56 Å². The zero-order valence-corrected chi connectivity index (χ0v) is 20.3. The Morgan fingerprint density at radius 2 is 1.73 bits per heavy atom. The molecule has 1 aromatic carbocycles. The summed E-state index contributed by atoms with van der Waals surface area (Å²) < 4.78 is 24.2. The Bertz CT molecular complexity index is 865. The molecule has 1 aromatic rings. The predicted octanol–water partition coefficient (Wildman–Crippen LogP) is 5.17. The molecule has 0 atom stereocenters. The maximum Gasteiger partial charge on any atom is 0.407 e. The minimum Gasteiger partial charge on any atom is -0.489 e. The van der Waals surface area contributed by atoms with E-state index in [2.05, 4.69) is 22.8 Å². The van der Waals surface area contributed by atoms with Crippen molar-refractivity contribution >= 4 is 12.0 Å². The molecular weight excluding hydrogens is 423 g/mol. The fourth-order valence-corrected chi connectivity index (χ4v) is 5.21. The van der Waals surface area contributed by atoms with Gasteiger partial charge in [0, 0.05) is 24.6 Å². The lowest BCUT2D eigenvalue weighted by Crippen LogP contribution is -2.43. The highest BCUT2D eigenvalue weighted by Gasteiger charge is 2.49. The minimum absolute atomic E-state index is 0.0136. The number of carbonyl (C=O) groups excluding carboxylic acids is 2. The highest BCUT2D eigenvalue weighted by molar-refractivity contribution is 5.82. The van der Waals surface area contributed by atoms with Crippen molar-refractivity contribution in [2.24, 2.45) is 5.41 Å². The Kier molecular flexibility index (Phi) is 7.70. The van der Waals surface area contributed by atoms with E-state index in [-0.39, 0.29) is 29.9 Å². The van der Waals surface area contributed by atoms with Gasteiger partial charge < -0.3 is 20.1 Å². The van der Waals surface area contributed by atoms with Crippen molar-refractivity contribution in [1.29, 1.82) is 0 Å². The Morgan fingerprint density at radius 1 is 1.06 bits per heavy atom. The average Bonchev–Trinajstić information content (AvgIpc) is 3.10. The number of rotatable bonds is 7. The van der Waals surface area contributed by atoms with Crippen LogP contribution in [0, 0.1) is 5.41 Å². The van der Waals surface area contributed by atoms with Gasteiger partial charge >= 0.3 is 6.09 Å². The molecule has 2 N–H and O–H groups in total. The van der Waals surface area contributed by atoms with E-state index in [0.717, 1.165) is 44.9 Å². The zero-order chi connectivity index (χ0) is 24.1. The van der Waals surface area contributed by atoms with Gasteiger partial charge in [-0.05, 0) is 82.4 Å². The number of nitrogens with one attached hydrogen (secondary N) is 2. The van der Waals surface area contributed by atoms with Crippen LogP contribution in [-0.2, 0) is 14.9 Å². The van der Waals surface area contributed by atoms with Gasteiger partial charge in [0.1, 0.15) is 18.0 Å². The Hall–Kier alpha value is -2.57. The summed E-state index contributed by atoms with van der Waals surface area (Å²) in [7, 11) is 1.74. The minimum atomic E-state index is -0.610. The molecule has 3 saturated carbocycles. The van der Waals surface area contributed by atoms with Gasteiger partial charge in [-0.3, -0.25) is 4.79 Å². The van der Waals surface area contributed by atoms with Gasteiger partial charge in [-0.1, -0.05) is 18.6 Å². The zero-order valence-electron chi connectivity index (χ0n) is 20.3. The number of amides is 2. The molecule has 3 aliphatic rings. The Morgan fingerprint density at radius 3 is 2.30 bits per heavy atom. The van der Waals surface area contributed by atoms with E-state index < -0.39 is 11.7 Å². The maximum atomic E-state index is 13.2. The standard InChI is InChI=1S/C26H37FN2O4/c1-24(2,3)33-23(31)29-17-19(16-27)18-32-21-8-6-20(7-9-21)25-10-5-11-26(14-12-25,15-13-25)22(30)28-4/h6-9,16H,5,10-15,17-18H2,1-4H3,(H,28,30)(H,29,31)/b19-16+. The molecule has 33 heavy (non-hydrogen) atoms. The van der Waals surface area contributed by atoms with Crippen LogP contribution in [0.25, 0.3) is 0 Å². The van der Waals surface area contributed by atoms with Crippen molar-refractivity contribution in [2.75, 3.05) is 20.2 Å². The quantitative estimate of drug-likeness (QED) is 0.588. The fourth-order valence-electron chi connectivity index (χ4n) is 5.21. The number of carbonyl (C=O) groups is 2. The first-order valence-electron chi connectivity index (χ1n) is 11.8. The van der Waals surface area contributed by atoms with Crippen LogP contribution in [0.4, 0.5) is 9.18 Å². The molecule has 7 heteroatoms. The van der Waals surface area contributed by atoms with Crippen LogP contribution in [0.3, 0.4) is 0 Å². The van der Waals surface area contributed by atoms with Crippen LogP contribution in [0.5, 0.6) is 5.75 Å². The van der Waals surface area contributed by atoms with Crippen LogP contribution in [0.1, 0.15) is 71.3 Å². The van der Waals surface area contributed by atoms with E-state index in [1.807, 2.05) is 12.1 Å². The van der Waals surface area contributed by atoms with Crippen molar-refractivity contribution in [1.82, 2.24) is 10.6 Å². The molecule has 3 fully saturated rings. The highest BCUT2D eigenvalue weighted by atomic mass is 19.1. The van der Waals surface area contributed by atoms with Crippen molar-refractivity contribution in [3.05, 3.63) is 41.7 Å². The summed E-state index contributed by atoms with van der Waals surface area (Å²) in [6, 6.07) is 8.05. The molecule has 2 bridgehead atoms. The summed E-state index contributed by atoms with van der Waals surface area (Å²) in [5, 5.41) is 5.41. The number of halogens is 1. The number of ether oxygens (including phenoxy) is 2. The summed E-state index contributed by atoms with van der Waals surface area (Å²) in [4.78, 5) is 24.2. The van der Waals surface area contributed by atoms with Crippen LogP contribution in [0.2, 0.25) is 0 Å². The first kappa shape index (κ1) is 25.1. The fraction of sp³-hybridized carbons (Fsp3) is 0.615. The van der Waals surface area contributed by atoms with E-state index in [1.54, 1.807) is 27.8 Å². The second kappa shape index (κ2) is 10.1. The van der Waals surface area contributed by atoms with Crippen molar-refractivity contribution in [2.45, 2.75) is 76.7 Å². The van der Waals surface area contributed by atoms with Gasteiger partial charge in [0.15, 0.2) is 0 Å². The number of hydrogen-bond acceptors (Lipinski definition) is 4. The Labute approximate surface area is 196 Å². The molecule has 2 amide bonds. The molecule has 0 radical (unpaired) electrons. The molecule has 6 nitrogen and oxygen atoms in total. The lowest BCUT2D eigenvalue weighted by molar-refractivity contribution is -0.132. The first-order valence-corrected chi connectivity index (χ1v) is 11.8. The van der Waals surface area contributed by atoms with Crippen molar-refractivity contribution < 1.29 is 23.5 Å². The second-order valence-corrected chi connectivity index (χ2v) is 10.4. The number of hydrogen-bond donors (Lipinski definition) is 2. The number of benzene rings is 1. The third-order valence-electron chi connectivity index (χ3n) is 7.09.